The molecule has 28 heavy (non-hydrogen) atoms. The molecule has 0 unspecified atom stereocenters. The monoisotopic (exact) mass is 460 g/mol. The van der Waals surface area contributed by atoms with E-state index in [1.54, 1.807) is 35.7 Å². The van der Waals surface area contributed by atoms with Gasteiger partial charge in [-0.05, 0) is 41.8 Å². The molecule has 0 atom stereocenters. The van der Waals surface area contributed by atoms with Gasteiger partial charge in [0, 0.05) is 21.1 Å². The summed E-state index contributed by atoms with van der Waals surface area (Å²) < 4.78 is 28.4. The summed E-state index contributed by atoms with van der Waals surface area (Å²) >= 11 is 4.64. The van der Waals surface area contributed by atoms with Crippen molar-refractivity contribution in [3.8, 4) is 0 Å². The molecular weight excluding hydrogens is 450 g/mol. The fourth-order valence-electron chi connectivity index (χ4n) is 2.89. The number of imide groups is 1. The average Bonchev–Trinajstić information content (AvgIpc) is 3.24. The number of rotatable bonds is 4. The highest BCUT2D eigenvalue weighted by Crippen LogP contribution is 2.36. The largest absolute Gasteiger partial charge is 0.350 e. The van der Waals surface area contributed by atoms with Crippen LogP contribution in [0.4, 0.5) is 20.2 Å². The topological polar surface area (TPSA) is 49.4 Å². The van der Waals surface area contributed by atoms with E-state index in [1.807, 2.05) is 6.07 Å². The first-order valence-electron chi connectivity index (χ1n) is 8.10. The lowest BCUT2D eigenvalue weighted by Gasteiger charge is -2.16. The third kappa shape index (κ3) is 3.25. The molecule has 0 spiro atoms. The molecule has 1 N–H and O–H groups in total. The summed E-state index contributed by atoms with van der Waals surface area (Å²) in [6, 6.07) is 13.3. The zero-order chi connectivity index (χ0) is 19.8. The smallest absolute Gasteiger partial charge is 0.282 e. The highest BCUT2D eigenvalue weighted by Gasteiger charge is 2.41. The van der Waals surface area contributed by atoms with Gasteiger partial charge in [-0.2, -0.15) is 0 Å². The van der Waals surface area contributed by atoms with E-state index in [0.717, 1.165) is 21.5 Å². The van der Waals surface area contributed by atoms with Gasteiger partial charge >= 0.3 is 0 Å². The maximum Gasteiger partial charge on any atom is 0.282 e. The molecule has 0 saturated carbocycles. The molecule has 2 aromatic carbocycles. The zero-order valence-corrected chi connectivity index (χ0v) is 16.5. The van der Waals surface area contributed by atoms with E-state index >= 15 is 0 Å². The molecule has 4 rings (SSSR count). The Labute approximate surface area is 171 Å². The van der Waals surface area contributed by atoms with Crippen molar-refractivity contribution in [2.45, 2.75) is 0 Å². The highest BCUT2D eigenvalue weighted by atomic mass is 79.9. The Kier molecular flexibility index (Phi) is 4.82. The molecule has 2 amide bonds. The van der Waals surface area contributed by atoms with Crippen molar-refractivity contribution in [1.82, 2.24) is 0 Å². The Morgan fingerprint density at radius 3 is 2.46 bits per heavy atom. The van der Waals surface area contributed by atoms with Gasteiger partial charge in [-0.15, -0.1) is 11.3 Å². The Morgan fingerprint density at radius 2 is 1.79 bits per heavy atom. The number of thiophene rings is 1. The maximum atomic E-state index is 14.3. The number of benzene rings is 2. The maximum absolute atomic E-state index is 14.3. The second kappa shape index (κ2) is 7.29. The molecule has 1 aliphatic rings. The van der Waals surface area contributed by atoms with Crippen LogP contribution in [0.15, 0.2) is 70.1 Å². The van der Waals surface area contributed by atoms with Crippen LogP contribution in [-0.2, 0) is 9.59 Å². The number of halogens is 3. The molecule has 0 saturated heterocycles. The van der Waals surface area contributed by atoms with Crippen LogP contribution in [-0.4, -0.2) is 11.8 Å². The van der Waals surface area contributed by atoms with Crippen LogP contribution in [0.25, 0.3) is 5.57 Å². The minimum Gasteiger partial charge on any atom is -0.350 e. The lowest BCUT2D eigenvalue weighted by atomic mass is 10.2. The van der Waals surface area contributed by atoms with Gasteiger partial charge in [-0.1, -0.05) is 28.1 Å². The third-order valence-electron chi connectivity index (χ3n) is 4.10. The molecule has 8 heteroatoms. The van der Waals surface area contributed by atoms with E-state index in [4.69, 9.17) is 0 Å². The van der Waals surface area contributed by atoms with Crippen LogP contribution in [0.5, 0.6) is 0 Å². The summed E-state index contributed by atoms with van der Waals surface area (Å²) in [5.74, 6) is -3.16. The van der Waals surface area contributed by atoms with Crippen LogP contribution in [0.2, 0.25) is 0 Å². The number of hydrogen-bond acceptors (Lipinski definition) is 4. The lowest BCUT2D eigenvalue weighted by molar-refractivity contribution is -0.120. The summed E-state index contributed by atoms with van der Waals surface area (Å²) in [6.45, 7) is 0. The van der Waals surface area contributed by atoms with Gasteiger partial charge in [0.05, 0.1) is 11.3 Å². The number of amides is 2. The molecule has 0 bridgehead atoms. The van der Waals surface area contributed by atoms with Crippen molar-refractivity contribution in [1.29, 1.82) is 0 Å². The number of nitrogens with zero attached hydrogens (tertiary/aromatic N) is 1. The molecule has 3 aromatic rings. The minimum atomic E-state index is -0.990. The number of carbonyl (C=O) groups excluding carboxylic acids is 2. The van der Waals surface area contributed by atoms with Crippen LogP contribution in [0.3, 0.4) is 0 Å². The predicted octanol–water partition coefficient (Wildman–Crippen LogP) is 5.19. The van der Waals surface area contributed by atoms with Gasteiger partial charge in [-0.3, -0.25) is 9.59 Å². The second-order valence-corrected chi connectivity index (χ2v) is 7.77. The van der Waals surface area contributed by atoms with Crippen molar-refractivity contribution < 1.29 is 18.4 Å². The lowest BCUT2D eigenvalue weighted by Crippen LogP contribution is -2.33. The Hall–Kier alpha value is -2.84. The van der Waals surface area contributed by atoms with Gasteiger partial charge in [0.1, 0.15) is 17.3 Å². The Balaban J connectivity index is 1.82. The summed E-state index contributed by atoms with van der Waals surface area (Å²) in [5, 5.41) is 4.75. The van der Waals surface area contributed by atoms with Crippen LogP contribution < -0.4 is 10.2 Å². The normalized spacial score (nSPS) is 14.2. The predicted molar refractivity (Wildman–Crippen MR) is 108 cm³/mol. The van der Waals surface area contributed by atoms with E-state index in [0.29, 0.717) is 16.6 Å². The SMILES string of the molecule is O=C1C(Nc2cccc(Br)c2)=C(c2cccs2)C(=O)N1c1ccc(F)cc1F. The molecular formula is C20H11BrF2N2O2S. The first-order chi connectivity index (χ1) is 13.5. The average molecular weight is 461 g/mol. The van der Waals surface area contributed by atoms with E-state index in [1.165, 1.54) is 11.3 Å². The van der Waals surface area contributed by atoms with E-state index < -0.39 is 23.4 Å². The van der Waals surface area contributed by atoms with Crippen LogP contribution >= 0.6 is 27.3 Å². The summed E-state index contributed by atoms with van der Waals surface area (Å²) in [6.07, 6.45) is 0. The molecule has 0 fully saturated rings. The van der Waals surface area contributed by atoms with E-state index in [-0.39, 0.29) is 17.0 Å². The molecule has 0 radical (unpaired) electrons. The van der Waals surface area contributed by atoms with Crippen molar-refractivity contribution in [2.24, 2.45) is 0 Å². The molecule has 1 aromatic heterocycles. The molecule has 1 aliphatic heterocycles. The van der Waals surface area contributed by atoms with Gasteiger partial charge < -0.3 is 5.32 Å². The summed E-state index contributed by atoms with van der Waals surface area (Å²) in [7, 11) is 0. The fourth-order valence-corrected chi connectivity index (χ4v) is 4.05. The van der Waals surface area contributed by atoms with Crippen molar-refractivity contribution in [3.05, 3.63) is 86.7 Å². The first kappa shape index (κ1) is 18.5. The molecule has 4 nitrogen and oxygen atoms in total. The summed E-state index contributed by atoms with van der Waals surface area (Å²) in [4.78, 5) is 27.4. The molecule has 140 valence electrons. The van der Waals surface area contributed by atoms with Gasteiger partial charge in [0.15, 0.2) is 0 Å². The van der Waals surface area contributed by atoms with Crippen molar-refractivity contribution >= 4 is 56.0 Å². The number of anilines is 2. The van der Waals surface area contributed by atoms with Crippen LogP contribution in [0.1, 0.15) is 4.88 Å². The van der Waals surface area contributed by atoms with Crippen molar-refractivity contribution in [2.75, 3.05) is 10.2 Å². The minimum absolute atomic E-state index is 0.0364. The Morgan fingerprint density at radius 1 is 0.964 bits per heavy atom. The fraction of sp³-hybridized carbons (Fsp3) is 0. The first-order valence-corrected chi connectivity index (χ1v) is 9.77. The quantitative estimate of drug-likeness (QED) is 0.545. The number of hydrogen-bond donors (Lipinski definition) is 1. The standard InChI is InChI=1S/C20H11BrF2N2O2S/c21-11-3-1-4-13(9-11)24-18-17(16-5-2-8-28-16)19(26)25(20(18)27)15-7-6-12(22)10-14(15)23/h1-10,24H. The summed E-state index contributed by atoms with van der Waals surface area (Å²) in [5.41, 5.74) is 0.468. The zero-order valence-electron chi connectivity index (χ0n) is 14.1. The van der Waals surface area contributed by atoms with E-state index in [9.17, 15) is 18.4 Å². The number of nitrogens with one attached hydrogen (secondary N) is 1. The van der Waals surface area contributed by atoms with Crippen LogP contribution in [0, 0.1) is 11.6 Å². The van der Waals surface area contributed by atoms with Gasteiger partial charge in [-0.25, -0.2) is 13.7 Å². The third-order valence-corrected chi connectivity index (χ3v) is 5.48. The van der Waals surface area contributed by atoms with Gasteiger partial charge in [0.25, 0.3) is 11.8 Å². The molecule has 2 heterocycles. The Bertz CT molecular complexity index is 1130. The van der Waals surface area contributed by atoms with E-state index in [2.05, 4.69) is 21.2 Å². The number of carbonyl (C=O) groups is 2. The van der Waals surface area contributed by atoms with Crippen molar-refractivity contribution in [3.63, 3.8) is 0 Å². The molecule has 0 aliphatic carbocycles. The highest BCUT2D eigenvalue weighted by molar-refractivity contribution is 9.10. The second-order valence-electron chi connectivity index (χ2n) is 5.90. The van der Waals surface area contributed by atoms with Gasteiger partial charge in [0.2, 0.25) is 0 Å².